The van der Waals surface area contributed by atoms with Crippen LogP contribution in [0.4, 0.5) is 0 Å². The number of carbonyl (C=O) groups is 1. The molecular weight excluding hydrogens is 272 g/mol. The predicted octanol–water partition coefficient (Wildman–Crippen LogP) is 4.20. The van der Waals surface area contributed by atoms with Crippen LogP contribution >= 0.6 is 11.6 Å². The number of halogens is 1. The molecule has 0 amide bonds. The summed E-state index contributed by atoms with van der Waals surface area (Å²) in [6, 6.07) is 11.1. The molecule has 3 rings (SSSR count). The highest BCUT2D eigenvalue weighted by atomic mass is 35.5. The van der Waals surface area contributed by atoms with Crippen molar-refractivity contribution in [2.45, 2.75) is 26.4 Å². The van der Waals surface area contributed by atoms with E-state index >= 15 is 0 Å². The highest BCUT2D eigenvalue weighted by molar-refractivity contribution is 6.35. The monoisotopic (exact) mass is 286 g/mol. The minimum atomic E-state index is -0.0407. The standard InChI is InChI=1S/C17H15ClO2/c1-10-4-3-5-14(16(10)18)17(19)12-6-7-15-13(9-12)8-11(2)20-15/h3-7,9,11H,8H2,1-2H3. The fourth-order valence-corrected chi connectivity index (χ4v) is 2.75. The number of carbonyl (C=O) groups excluding carboxylic acids is 1. The zero-order valence-electron chi connectivity index (χ0n) is 11.4. The molecule has 2 aromatic carbocycles. The van der Waals surface area contributed by atoms with Crippen LogP contribution in [0.3, 0.4) is 0 Å². The van der Waals surface area contributed by atoms with Crippen molar-refractivity contribution in [2.75, 3.05) is 0 Å². The van der Waals surface area contributed by atoms with Crippen molar-refractivity contribution in [3.8, 4) is 5.75 Å². The van der Waals surface area contributed by atoms with Gasteiger partial charge in [-0.25, -0.2) is 0 Å². The molecule has 0 saturated carbocycles. The SMILES string of the molecule is Cc1cccc(C(=O)c2ccc3c(c2)CC(C)O3)c1Cl. The largest absolute Gasteiger partial charge is 0.490 e. The maximum atomic E-state index is 12.6. The Morgan fingerprint density at radius 2 is 2.10 bits per heavy atom. The number of hydrogen-bond donors (Lipinski definition) is 0. The van der Waals surface area contributed by atoms with E-state index in [-0.39, 0.29) is 11.9 Å². The normalized spacial score (nSPS) is 16.6. The summed E-state index contributed by atoms with van der Waals surface area (Å²) in [4.78, 5) is 12.6. The summed E-state index contributed by atoms with van der Waals surface area (Å²) in [6.07, 6.45) is 1.02. The van der Waals surface area contributed by atoms with E-state index in [1.807, 2.05) is 38.1 Å². The summed E-state index contributed by atoms with van der Waals surface area (Å²) in [7, 11) is 0. The van der Waals surface area contributed by atoms with Gasteiger partial charge in [-0.15, -0.1) is 0 Å². The fraction of sp³-hybridized carbons (Fsp3) is 0.235. The third-order valence-corrected chi connectivity index (χ3v) is 4.10. The van der Waals surface area contributed by atoms with Gasteiger partial charge in [0.15, 0.2) is 5.78 Å². The summed E-state index contributed by atoms with van der Waals surface area (Å²) in [5, 5.41) is 0.530. The van der Waals surface area contributed by atoms with Crippen LogP contribution in [0.25, 0.3) is 0 Å². The highest BCUT2D eigenvalue weighted by Gasteiger charge is 2.21. The minimum absolute atomic E-state index is 0.0407. The van der Waals surface area contributed by atoms with Crippen molar-refractivity contribution in [1.82, 2.24) is 0 Å². The Balaban J connectivity index is 2.00. The lowest BCUT2D eigenvalue weighted by molar-refractivity contribution is 0.103. The molecule has 1 aliphatic rings. The molecule has 1 heterocycles. The van der Waals surface area contributed by atoms with Gasteiger partial charge in [-0.05, 0) is 49.2 Å². The minimum Gasteiger partial charge on any atom is -0.490 e. The quantitative estimate of drug-likeness (QED) is 0.773. The van der Waals surface area contributed by atoms with Crippen LogP contribution in [0.15, 0.2) is 36.4 Å². The van der Waals surface area contributed by atoms with Gasteiger partial charge in [0, 0.05) is 17.5 Å². The van der Waals surface area contributed by atoms with Crippen LogP contribution in [0.2, 0.25) is 5.02 Å². The molecular formula is C17H15ClO2. The van der Waals surface area contributed by atoms with E-state index in [9.17, 15) is 4.79 Å². The molecule has 0 spiro atoms. The third kappa shape index (κ3) is 2.20. The number of hydrogen-bond acceptors (Lipinski definition) is 2. The molecule has 2 nitrogen and oxygen atoms in total. The average molecular weight is 287 g/mol. The Hall–Kier alpha value is -1.80. The number of ether oxygens (including phenoxy) is 1. The first kappa shape index (κ1) is 13.2. The molecule has 1 unspecified atom stereocenters. The molecule has 0 aliphatic carbocycles. The van der Waals surface area contributed by atoms with E-state index in [2.05, 4.69) is 0 Å². The first-order valence-corrected chi connectivity index (χ1v) is 7.03. The van der Waals surface area contributed by atoms with Crippen LogP contribution in [-0.4, -0.2) is 11.9 Å². The van der Waals surface area contributed by atoms with Gasteiger partial charge in [0.25, 0.3) is 0 Å². The lowest BCUT2D eigenvalue weighted by Gasteiger charge is -2.07. The van der Waals surface area contributed by atoms with Gasteiger partial charge in [0.2, 0.25) is 0 Å². The molecule has 1 atom stereocenters. The molecule has 1 aliphatic heterocycles. The van der Waals surface area contributed by atoms with E-state index in [0.29, 0.717) is 16.1 Å². The fourth-order valence-electron chi connectivity index (χ4n) is 2.54. The van der Waals surface area contributed by atoms with Crippen molar-refractivity contribution in [3.05, 3.63) is 63.7 Å². The molecule has 0 radical (unpaired) electrons. The van der Waals surface area contributed by atoms with Crippen LogP contribution in [0.1, 0.15) is 34.0 Å². The van der Waals surface area contributed by atoms with E-state index in [1.54, 1.807) is 12.1 Å². The van der Waals surface area contributed by atoms with E-state index in [1.165, 1.54) is 0 Å². The Bertz CT molecular complexity index is 691. The zero-order chi connectivity index (χ0) is 14.3. The molecule has 0 bridgehead atoms. The Morgan fingerprint density at radius 3 is 2.90 bits per heavy atom. The number of benzene rings is 2. The lowest BCUT2D eigenvalue weighted by atomic mass is 9.99. The van der Waals surface area contributed by atoms with E-state index < -0.39 is 0 Å². The number of fused-ring (bicyclic) bond motifs is 1. The van der Waals surface area contributed by atoms with Gasteiger partial charge in [-0.1, -0.05) is 23.7 Å². The second-order valence-corrected chi connectivity index (χ2v) is 5.60. The first-order chi connectivity index (χ1) is 9.56. The summed E-state index contributed by atoms with van der Waals surface area (Å²) in [5.74, 6) is 0.838. The Labute approximate surface area is 123 Å². The highest BCUT2D eigenvalue weighted by Crippen LogP contribution is 2.31. The lowest BCUT2D eigenvalue weighted by Crippen LogP contribution is -2.05. The first-order valence-electron chi connectivity index (χ1n) is 6.65. The van der Waals surface area contributed by atoms with E-state index in [0.717, 1.165) is 23.3 Å². The van der Waals surface area contributed by atoms with Gasteiger partial charge in [-0.2, -0.15) is 0 Å². The zero-order valence-corrected chi connectivity index (χ0v) is 12.2. The van der Waals surface area contributed by atoms with Gasteiger partial charge >= 0.3 is 0 Å². The average Bonchev–Trinajstić information content (AvgIpc) is 2.80. The maximum Gasteiger partial charge on any atom is 0.194 e. The van der Waals surface area contributed by atoms with Crippen molar-refractivity contribution in [2.24, 2.45) is 0 Å². The number of ketones is 1. The number of rotatable bonds is 2. The van der Waals surface area contributed by atoms with Gasteiger partial charge in [0.1, 0.15) is 11.9 Å². The topological polar surface area (TPSA) is 26.3 Å². The second kappa shape index (κ2) is 4.95. The van der Waals surface area contributed by atoms with Crippen molar-refractivity contribution < 1.29 is 9.53 Å². The molecule has 0 N–H and O–H groups in total. The molecule has 2 aromatic rings. The third-order valence-electron chi connectivity index (χ3n) is 3.59. The summed E-state index contributed by atoms with van der Waals surface area (Å²) in [6.45, 7) is 3.93. The smallest absolute Gasteiger partial charge is 0.194 e. The van der Waals surface area contributed by atoms with Gasteiger partial charge in [-0.3, -0.25) is 4.79 Å². The maximum absolute atomic E-state index is 12.6. The molecule has 102 valence electrons. The predicted molar refractivity (Wildman–Crippen MR) is 79.9 cm³/mol. The van der Waals surface area contributed by atoms with Crippen molar-refractivity contribution in [1.29, 1.82) is 0 Å². The van der Waals surface area contributed by atoms with Crippen LogP contribution in [0.5, 0.6) is 5.75 Å². The van der Waals surface area contributed by atoms with Crippen molar-refractivity contribution in [3.63, 3.8) is 0 Å². The summed E-state index contributed by atoms with van der Waals surface area (Å²) >= 11 is 6.23. The van der Waals surface area contributed by atoms with Crippen molar-refractivity contribution >= 4 is 17.4 Å². The van der Waals surface area contributed by atoms with Gasteiger partial charge in [0.05, 0.1) is 5.02 Å². The molecule has 0 aromatic heterocycles. The number of aryl methyl sites for hydroxylation is 1. The second-order valence-electron chi connectivity index (χ2n) is 5.22. The van der Waals surface area contributed by atoms with Crippen LogP contribution in [0, 0.1) is 6.92 Å². The molecule has 0 fully saturated rings. The van der Waals surface area contributed by atoms with Crippen LogP contribution < -0.4 is 4.74 Å². The Kier molecular flexibility index (Phi) is 3.27. The summed E-state index contributed by atoms with van der Waals surface area (Å²) in [5.41, 5.74) is 3.22. The molecule has 0 saturated heterocycles. The molecule has 20 heavy (non-hydrogen) atoms. The van der Waals surface area contributed by atoms with Crippen LogP contribution in [-0.2, 0) is 6.42 Å². The Morgan fingerprint density at radius 1 is 1.30 bits per heavy atom. The van der Waals surface area contributed by atoms with E-state index in [4.69, 9.17) is 16.3 Å². The van der Waals surface area contributed by atoms with Gasteiger partial charge < -0.3 is 4.74 Å². The summed E-state index contributed by atoms with van der Waals surface area (Å²) < 4.78 is 5.65. The molecule has 3 heteroatoms.